The fraction of sp³-hybridized carbons (Fsp3) is 0.882. The number of nitrogens with one attached hydrogen (secondary N) is 2. The molecule has 23 heavy (non-hydrogen) atoms. The van der Waals surface area contributed by atoms with E-state index in [0.29, 0.717) is 18.5 Å². The van der Waals surface area contributed by atoms with E-state index < -0.39 is 0 Å². The molecule has 1 fully saturated rings. The average molecular weight is 326 g/mol. The first-order valence-electron chi connectivity index (χ1n) is 9.01. The van der Waals surface area contributed by atoms with Crippen molar-refractivity contribution >= 4 is 11.9 Å². The zero-order chi connectivity index (χ0) is 17.2. The summed E-state index contributed by atoms with van der Waals surface area (Å²) in [5.41, 5.74) is 0. The second-order valence-electron chi connectivity index (χ2n) is 6.66. The SMILES string of the molecule is CCN(CC)C(CNC(=O)NCC(=O)N1CCCC1)CC(C)C. The number of hydrogen-bond donors (Lipinski definition) is 2. The van der Waals surface area contributed by atoms with Crippen molar-refractivity contribution in [3.05, 3.63) is 0 Å². The van der Waals surface area contributed by atoms with Crippen LogP contribution in [0.5, 0.6) is 0 Å². The van der Waals surface area contributed by atoms with Crippen LogP contribution in [0, 0.1) is 5.92 Å². The van der Waals surface area contributed by atoms with E-state index in [1.165, 1.54) is 0 Å². The van der Waals surface area contributed by atoms with Gasteiger partial charge in [0.25, 0.3) is 0 Å². The van der Waals surface area contributed by atoms with Gasteiger partial charge in [0.15, 0.2) is 0 Å². The van der Waals surface area contributed by atoms with Crippen LogP contribution in [-0.2, 0) is 4.79 Å². The molecule has 0 bridgehead atoms. The lowest BCUT2D eigenvalue weighted by atomic mass is 10.0. The zero-order valence-electron chi connectivity index (χ0n) is 15.2. The number of amides is 3. The Morgan fingerprint density at radius 2 is 1.70 bits per heavy atom. The summed E-state index contributed by atoms with van der Waals surface area (Å²) >= 11 is 0. The van der Waals surface area contributed by atoms with Crippen molar-refractivity contribution < 1.29 is 9.59 Å². The fourth-order valence-electron chi connectivity index (χ4n) is 3.15. The van der Waals surface area contributed by atoms with Crippen LogP contribution in [0.3, 0.4) is 0 Å². The van der Waals surface area contributed by atoms with Crippen LogP contribution in [0.4, 0.5) is 4.79 Å². The minimum Gasteiger partial charge on any atom is -0.341 e. The van der Waals surface area contributed by atoms with Crippen LogP contribution >= 0.6 is 0 Å². The van der Waals surface area contributed by atoms with E-state index in [4.69, 9.17) is 0 Å². The third-order valence-corrected chi connectivity index (χ3v) is 4.43. The van der Waals surface area contributed by atoms with Gasteiger partial charge in [0, 0.05) is 25.7 Å². The minimum absolute atomic E-state index is 0.0140. The quantitative estimate of drug-likeness (QED) is 0.677. The first kappa shape index (κ1) is 19.7. The highest BCUT2D eigenvalue weighted by Gasteiger charge is 2.20. The van der Waals surface area contributed by atoms with E-state index in [1.807, 2.05) is 4.90 Å². The highest BCUT2D eigenvalue weighted by Crippen LogP contribution is 2.11. The molecule has 1 saturated heterocycles. The van der Waals surface area contributed by atoms with E-state index >= 15 is 0 Å². The van der Waals surface area contributed by atoms with Crippen molar-refractivity contribution in [2.75, 3.05) is 39.3 Å². The first-order valence-corrected chi connectivity index (χ1v) is 9.01. The third kappa shape index (κ3) is 7.20. The summed E-state index contributed by atoms with van der Waals surface area (Å²) in [7, 11) is 0. The van der Waals surface area contributed by atoms with Crippen molar-refractivity contribution in [3.8, 4) is 0 Å². The van der Waals surface area contributed by atoms with Gasteiger partial charge < -0.3 is 15.5 Å². The molecule has 0 aromatic heterocycles. The number of likely N-dealkylation sites (N-methyl/N-ethyl adjacent to an activating group) is 1. The number of urea groups is 1. The van der Waals surface area contributed by atoms with Crippen molar-refractivity contribution in [2.45, 2.75) is 53.0 Å². The van der Waals surface area contributed by atoms with Crippen LogP contribution in [-0.4, -0.2) is 67.0 Å². The highest BCUT2D eigenvalue weighted by atomic mass is 16.2. The van der Waals surface area contributed by atoms with Crippen molar-refractivity contribution in [1.82, 2.24) is 20.4 Å². The van der Waals surface area contributed by atoms with Gasteiger partial charge in [-0.05, 0) is 38.3 Å². The first-order chi connectivity index (χ1) is 11.0. The minimum atomic E-state index is -0.251. The molecular weight excluding hydrogens is 292 g/mol. The maximum atomic E-state index is 11.9. The van der Waals surface area contributed by atoms with E-state index in [0.717, 1.165) is 45.4 Å². The van der Waals surface area contributed by atoms with E-state index in [1.54, 1.807) is 0 Å². The summed E-state index contributed by atoms with van der Waals surface area (Å²) in [5.74, 6) is 0.599. The van der Waals surface area contributed by atoms with Crippen molar-refractivity contribution in [3.63, 3.8) is 0 Å². The van der Waals surface area contributed by atoms with Gasteiger partial charge >= 0.3 is 6.03 Å². The summed E-state index contributed by atoms with van der Waals surface area (Å²) in [5, 5.41) is 5.60. The Kier molecular flexibility index (Phi) is 8.99. The Morgan fingerprint density at radius 1 is 1.09 bits per heavy atom. The fourth-order valence-corrected chi connectivity index (χ4v) is 3.15. The summed E-state index contributed by atoms with van der Waals surface area (Å²) in [4.78, 5) is 28.0. The largest absolute Gasteiger partial charge is 0.341 e. The Morgan fingerprint density at radius 3 is 2.22 bits per heavy atom. The third-order valence-electron chi connectivity index (χ3n) is 4.43. The van der Waals surface area contributed by atoms with E-state index in [9.17, 15) is 9.59 Å². The lowest BCUT2D eigenvalue weighted by Crippen LogP contribution is -2.48. The Labute approximate surface area is 141 Å². The molecule has 134 valence electrons. The van der Waals surface area contributed by atoms with Crippen LogP contribution in [0.15, 0.2) is 0 Å². The highest BCUT2D eigenvalue weighted by molar-refractivity contribution is 5.84. The van der Waals surface area contributed by atoms with Gasteiger partial charge in [-0.25, -0.2) is 4.79 Å². The summed E-state index contributed by atoms with van der Waals surface area (Å²) in [6, 6.07) is 0.0866. The van der Waals surface area contributed by atoms with Gasteiger partial charge in [-0.2, -0.15) is 0 Å². The van der Waals surface area contributed by atoms with Crippen LogP contribution in [0.1, 0.15) is 47.0 Å². The molecule has 1 aliphatic rings. The molecule has 1 heterocycles. The Bertz CT molecular complexity index is 364. The summed E-state index contributed by atoms with van der Waals surface area (Å²) in [6.07, 6.45) is 3.19. The molecule has 1 aliphatic heterocycles. The molecule has 1 atom stereocenters. The molecule has 0 aliphatic carbocycles. The van der Waals surface area contributed by atoms with Crippen LogP contribution in [0.25, 0.3) is 0 Å². The number of nitrogens with zero attached hydrogens (tertiary/aromatic N) is 2. The number of carbonyl (C=O) groups is 2. The average Bonchev–Trinajstić information content (AvgIpc) is 3.05. The molecule has 0 radical (unpaired) electrons. The van der Waals surface area contributed by atoms with E-state index in [-0.39, 0.29) is 18.5 Å². The lowest BCUT2D eigenvalue weighted by Gasteiger charge is -2.31. The Balaban J connectivity index is 2.34. The smallest absolute Gasteiger partial charge is 0.315 e. The maximum absolute atomic E-state index is 11.9. The second kappa shape index (κ2) is 10.5. The molecule has 0 spiro atoms. The van der Waals surface area contributed by atoms with Crippen LogP contribution < -0.4 is 10.6 Å². The predicted molar refractivity (Wildman–Crippen MR) is 93.4 cm³/mol. The zero-order valence-corrected chi connectivity index (χ0v) is 15.2. The molecule has 1 unspecified atom stereocenters. The van der Waals surface area contributed by atoms with Crippen molar-refractivity contribution in [1.29, 1.82) is 0 Å². The summed E-state index contributed by atoms with van der Waals surface area (Å²) < 4.78 is 0. The molecule has 1 rings (SSSR count). The second-order valence-corrected chi connectivity index (χ2v) is 6.66. The van der Waals surface area contributed by atoms with Gasteiger partial charge in [0.05, 0.1) is 6.54 Å². The molecule has 6 nitrogen and oxygen atoms in total. The molecule has 2 N–H and O–H groups in total. The maximum Gasteiger partial charge on any atom is 0.315 e. The Hall–Kier alpha value is -1.30. The van der Waals surface area contributed by atoms with Gasteiger partial charge in [-0.3, -0.25) is 9.69 Å². The van der Waals surface area contributed by atoms with Crippen LogP contribution in [0.2, 0.25) is 0 Å². The topological polar surface area (TPSA) is 64.7 Å². The number of rotatable bonds is 9. The molecule has 3 amide bonds. The number of carbonyl (C=O) groups excluding carboxylic acids is 2. The molecular formula is C17H34N4O2. The standard InChI is InChI=1S/C17H34N4O2/c1-5-20(6-2)15(11-14(3)4)12-18-17(23)19-13-16(22)21-9-7-8-10-21/h14-15H,5-13H2,1-4H3,(H2,18,19,23). The predicted octanol–water partition coefficient (Wildman–Crippen LogP) is 1.66. The van der Waals surface area contributed by atoms with Crippen molar-refractivity contribution in [2.24, 2.45) is 5.92 Å². The number of hydrogen-bond acceptors (Lipinski definition) is 3. The van der Waals surface area contributed by atoms with Gasteiger partial charge in [-0.1, -0.05) is 27.7 Å². The van der Waals surface area contributed by atoms with Gasteiger partial charge in [0.2, 0.25) is 5.91 Å². The molecule has 0 aromatic carbocycles. The normalized spacial score (nSPS) is 16.0. The monoisotopic (exact) mass is 326 g/mol. The summed E-state index contributed by atoms with van der Waals surface area (Å²) in [6.45, 7) is 13.0. The number of likely N-dealkylation sites (tertiary alicyclic amines) is 1. The molecule has 6 heteroatoms. The van der Waals surface area contributed by atoms with Gasteiger partial charge in [-0.15, -0.1) is 0 Å². The molecule has 0 aromatic rings. The van der Waals surface area contributed by atoms with E-state index in [2.05, 4.69) is 43.2 Å². The van der Waals surface area contributed by atoms with Gasteiger partial charge in [0.1, 0.15) is 0 Å². The lowest BCUT2D eigenvalue weighted by molar-refractivity contribution is -0.128. The molecule has 0 saturated carbocycles.